The molecule has 1 aromatic rings. The molecule has 4 heteroatoms. The van der Waals surface area contributed by atoms with Crippen molar-refractivity contribution in [2.45, 2.75) is 18.9 Å². The van der Waals surface area contributed by atoms with Gasteiger partial charge in [-0.25, -0.2) is 0 Å². The number of nitrogens with one attached hydrogen (secondary N) is 1. The molecule has 114 valence electrons. The Morgan fingerprint density at radius 3 is 2.82 bits per heavy atom. The van der Waals surface area contributed by atoms with Crippen LogP contribution in [-0.4, -0.2) is 36.5 Å². The Morgan fingerprint density at radius 1 is 1.45 bits per heavy atom. The number of rotatable bonds is 4. The second-order valence-corrected chi connectivity index (χ2v) is 6.23. The number of nitriles is 1. The third-order valence-corrected chi connectivity index (χ3v) is 5.01. The van der Waals surface area contributed by atoms with E-state index in [1.807, 2.05) is 0 Å². The fraction of sp³-hybridized carbons (Fsp3) is 0.444. The monoisotopic (exact) mass is 295 g/mol. The lowest BCUT2D eigenvalue weighted by Crippen LogP contribution is -2.56. The number of piperidine rings is 3. The fourth-order valence-corrected chi connectivity index (χ4v) is 3.67. The molecule has 1 aromatic carbocycles. The molecule has 2 bridgehead atoms. The summed E-state index contributed by atoms with van der Waals surface area (Å²) < 4.78 is 0. The van der Waals surface area contributed by atoms with Gasteiger partial charge in [0.1, 0.15) is 0 Å². The molecule has 3 fully saturated rings. The number of carbonyl (C=O) groups is 1. The largest absolute Gasteiger partial charge is 0.350 e. The number of hydrogen-bond acceptors (Lipinski definition) is 3. The van der Waals surface area contributed by atoms with Crippen molar-refractivity contribution in [3.8, 4) is 6.07 Å². The lowest BCUT2D eigenvalue weighted by atomic mass is 9.75. The highest BCUT2D eigenvalue weighted by atomic mass is 16.1. The smallest absolute Gasteiger partial charge is 0.251 e. The molecule has 4 nitrogen and oxygen atoms in total. The standard InChI is InChI=1S/C18H21N3O/c1-2-14-12-21-8-7-16(14)9-17(21)11-20-18(22)15-5-3-13(10-19)4-6-15/h2-6,14,16-17H,1,7-9,11-12H2,(H,20,22)/t14-,16+,17-/m1/s1. The molecule has 4 rings (SSSR count). The number of hydrogen-bond donors (Lipinski definition) is 1. The summed E-state index contributed by atoms with van der Waals surface area (Å²) in [5.74, 6) is 1.27. The third-order valence-electron chi connectivity index (χ3n) is 5.01. The van der Waals surface area contributed by atoms with Gasteiger partial charge in [-0.05, 0) is 55.5 Å². The van der Waals surface area contributed by atoms with Crippen molar-refractivity contribution in [1.29, 1.82) is 5.26 Å². The minimum absolute atomic E-state index is 0.0626. The van der Waals surface area contributed by atoms with Crippen LogP contribution in [0.1, 0.15) is 28.8 Å². The maximum absolute atomic E-state index is 12.2. The summed E-state index contributed by atoms with van der Waals surface area (Å²) in [7, 11) is 0. The molecule has 1 unspecified atom stereocenters. The first-order chi connectivity index (χ1) is 10.7. The minimum Gasteiger partial charge on any atom is -0.350 e. The van der Waals surface area contributed by atoms with E-state index in [4.69, 9.17) is 5.26 Å². The Kier molecular flexibility index (Phi) is 4.26. The van der Waals surface area contributed by atoms with Crippen molar-refractivity contribution in [2.24, 2.45) is 11.8 Å². The molecule has 0 radical (unpaired) electrons. The van der Waals surface area contributed by atoms with Gasteiger partial charge in [0.05, 0.1) is 11.6 Å². The summed E-state index contributed by atoms with van der Waals surface area (Å²) in [5.41, 5.74) is 1.18. The highest BCUT2D eigenvalue weighted by Crippen LogP contribution is 2.36. The van der Waals surface area contributed by atoms with Gasteiger partial charge in [-0.15, -0.1) is 6.58 Å². The van der Waals surface area contributed by atoms with Gasteiger partial charge in [0.2, 0.25) is 0 Å². The predicted molar refractivity (Wildman–Crippen MR) is 85.3 cm³/mol. The summed E-state index contributed by atoms with van der Waals surface area (Å²) in [6.07, 6.45) is 4.48. The Balaban J connectivity index is 1.55. The first-order valence-electron chi connectivity index (χ1n) is 7.86. The summed E-state index contributed by atoms with van der Waals surface area (Å²) in [5, 5.41) is 11.8. The molecule has 1 amide bonds. The van der Waals surface area contributed by atoms with Crippen LogP contribution in [0, 0.1) is 23.2 Å². The number of nitrogens with zero attached hydrogens (tertiary/aromatic N) is 2. The van der Waals surface area contributed by atoms with Crippen molar-refractivity contribution >= 4 is 5.91 Å². The molecule has 1 N–H and O–H groups in total. The predicted octanol–water partition coefficient (Wildman–Crippen LogP) is 2.18. The molecule has 0 aromatic heterocycles. The maximum Gasteiger partial charge on any atom is 0.251 e. The normalized spacial score (nSPS) is 29.6. The lowest BCUT2D eigenvalue weighted by molar-refractivity contribution is 0.0195. The molecule has 3 aliphatic rings. The Bertz CT molecular complexity index is 602. The molecule has 4 atom stereocenters. The van der Waals surface area contributed by atoms with Crippen LogP contribution < -0.4 is 5.32 Å². The van der Waals surface area contributed by atoms with Crippen molar-refractivity contribution in [2.75, 3.05) is 19.6 Å². The second kappa shape index (κ2) is 6.33. The van der Waals surface area contributed by atoms with Crippen LogP contribution in [0.5, 0.6) is 0 Å². The number of carbonyl (C=O) groups excluding carboxylic acids is 1. The van der Waals surface area contributed by atoms with E-state index in [1.165, 1.54) is 6.42 Å². The van der Waals surface area contributed by atoms with Crippen LogP contribution >= 0.6 is 0 Å². The molecule has 0 saturated carbocycles. The molecular weight excluding hydrogens is 274 g/mol. The third kappa shape index (κ3) is 2.90. The zero-order chi connectivity index (χ0) is 15.5. The van der Waals surface area contributed by atoms with Gasteiger partial charge in [-0.2, -0.15) is 5.26 Å². The van der Waals surface area contributed by atoms with Crippen LogP contribution in [-0.2, 0) is 0 Å². The Labute approximate surface area is 131 Å². The zero-order valence-electron chi connectivity index (χ0n) is 12.7. The van der Waals surface area contributed by atoms with Crippen molar-refractivity contribution < 1.29 is 4.79 Å². The number of fused-ring (bicyclic) bond motifs is 3. The van der Waals surface area contributed by atoms with Crippen molar-refractivity contribution in [3.05, 3.63) is 48.0 Å². The van der Waals surface area contributed by atoms with E-state index < -0.39 is 0 Å². The summed E-state index contributed by atoms with van der Waals surface area (Å²) in [4.78, 5) is 14.7. The molecule has 0 aliphatic carbocycles. The van der Waals surface area contributed by atoms with Crippen molar-refractivity contribution in [1.82, 2.24) is 10.2 Å². The molecule has 3 heterocycles. The Hall–Kier alpha value is -2.12. The lowest BCUT2D eigenvalue weighted by Gasteiger charge is -2.49. The van der Waals surface area contributed by atoms with E-state index in [-0.39, 0.29) is 5.91 Å². The van der Waals surface area contributed by atoms with E-state index in [0.717, 1.165) is 25.4 Å². The maximum atomic E-state index is 12.2. The molecule has 22 heavy (non-hydrogen) atoms. The van der Waals surface area contributed by atoms with Crippen LogP contribution in [0.2, 0.25) is 0 Å². The van der Waals surface area contributed by atoms with Crippen LogP contribution in [0.3, 0.4) is 0 Å². The van der Waals surface area contributed by atoms with E-state index in [9.17, 15) is 4.79 Å². The van der Waals surface area contributed by atoms with Gasteiger partial charge in [-0.3, -0.25) is 9.69 Å². The SMILES string of the molecule is C=C[C@@H]1CN2CC[C@H]1C[C@@H]2CNC(=O)c1ccc(C#N)cc1. The quantitative estimate of drug-likeness (QED) is 0.866. The minimum atomic E-state index is -0.0626. The van der Waals surface area contributed by atoms with Crippen molar-refractivity contribution in [3.63, 3.8) is 0 Å². The van der Waals surface area contributed by atoms with E-state index in [0.29, 0.717) is 29.6 Å². The fourth-order valence-electron chi connectivity index (χ4n) is 3.67. The second-order valence-electron chi connectivity index (χ2n) is 6.23. The van der Waals surface area contributed by atoms with E-state index >= 15 is 0 Å². The van der Waals surface area contributed by atoms with Gasteiger partial charge in [0.25, 0.3) is 5.91 Å². The van der Waals surface area contributed by atoms with Gasteiger partial charge in [0, 0.05) is 24.7 Å². The molecule has 3 saturated heterocycles. The van der Waals surface area contributed by atoms with Gasteiger partial charge in [0.15, 0.2) is 0 Å². The average Bonchev–Trinajstić information content (AvgIpc) is 2.60. The van der Waals surface area contributed by atoms with Gasteiger partial charge in [-0.1, -0.05) is 6.08 Å². The Morgan fingerprint density at radius 2 is 2.23 bits per heavy atom. The number of benzene rings is 1. The highest BCUT2D eigenvalue weighted by molar-refractivity contribution is 5.94. The van der Waals surface area contributed by atoms with E-state index in [2.05, 4.69) is 28.9 Å². The summed E-state index contributed by atoms with van der Waals surface area (Å²) in [6, 6.07) is 9.26. The van der Waals surface area contributed by atoms with Gasteiger partial charge >= 0.3 is 0 Å². The van der Waals surface area contributed by atoms with Crippen LogP contribution in [0.15, 0.2) is 36.9 Å². The molecule has 3 aliphatic heterocycles. The van der Waals surface area contributed by atoms with Crippen LogP contribution in [0.4, 0.5) is 0 Å². The van der Waals surface area contributed by atoms with Gasteiger partial charge < -0.3 is 5.32 Å². The number of amides is 1. The average molecular weight is 295 g/mol. The first kappa shape index (κ1) is 14.8. The van der Waals surface area contributed by atoms with Crippen LogP contribution in [0.25, 0.3) is 0 Å². The first-order valence-corrected chi connectivity index (χ1v) is 7.86. The highest BCUT2D eigenvalue weighted by Gasteiger charge is 2.38. The van der Waals surface area contributed by atoms with E-state index in [1.54, 1.807) is 24.3 Å². The molecule has 0 spiro atoms. The zero-order valence-corrected chi connectivity index (χ0v) is 12.7. The topological polar surface area (TPSA) is 56.1 Å². The molecular formula is C18H21N3O. The summed E-state index contributed by atoms with van der Waals surface area (Å²) >= 11 is 0. The summed E-state index contributed by atoms with van der Waals surface area (Å²) in [6.45, 7) is 6.84.